The van der Waals surface area contributed by atoms with Gasteiger partial charge in [-0.25, -0.2) is 9.97 Å². The Kier molecular flexibility index (Phi) is 4.55. The first-order chi connectivity index (χ1) is 12.2. The van der Waals surface area contributed by atoms with Gasteiger partial charge in [0.25, 0.3) is 0 Å². The lowest BCUT2D eigenvalue weighted by atomic mass is 10.0. The predicted octanol–water partition coefficient (Wildman–Crippen LogP) is 4.09. The van der Waals surface area contributed by atoms with Crippen LogP contribution in [0.3, 0.4) is 0 Å². The van der Waals surface area contributed by atoms with Crippen LogP contribution in [0.2, 0.25) is 5.15 Å². The molecule has 0 saturated carbocycles. The SMILES string of the molecule is CCN1CCN(c2cc(-c3ccccc3)c3ccc(Cl)nc3n2)CC1. The molecule has 1 aliphatic heterocycles. The highest BCUT2D eigenvalue weighted by Crippen LogP contribution is 2.31. The van der Waals surface area contributed by atoms with E-state index in [9.17, 15) is 0 Å². The zero-order chi connectivity index (χ0) is 17.2. The van der Waals surface area contributed by atoms with Crippen molar-refractivity contribution in [2.75, 3.05) is 37.6 Å². The number of fused-ring (bicyclic) bond motifs is 1. The highest BCUT2D eigenvalue weighted by Gasteiger charge is 2.19. The number of benzene rings is 1. The lowest BCUT2D eigenvalue weighted by Crippen LogP contribution is -2.46. The molecule has 0 spiro atoms. The molecule has 1 saturated heterocycles. The van der Waals surface area contributed by atoms with Crippen LogP contribution in [0.4, 0.5) is 5.82 Å². The maximum absolute atomic E-state index is 6.12. The molecule has 0 unspecified atom stereocenters. The molecular formula is C20H21ClN4. The normalized spacial score (nSPS) is 15.7. The monoisotopic (exact) mass is 352 g/mol. The fraction of sp³-hybridized carbons (Fsp3) is 0.300. The number of halogens is 1. The summed E-state index contributed by atoms with van der Waals surface area (Å²) in [6.07, 6.45) is 0. The summed E-state index contributed by atoms with van der Waals surface area (Å²) < 4.78 is 0. The molecule has 0 radical (unpaired) electrons. The van der Waals surface area contributed by atoms with Gasteiger partial charge in [-0.3, -0.25) is 0 Å². The molecule has 0 aliphatic carbocycles. The third-order valence-electron chi connectivity index (χ3n) is 4.85. The minimum Gasteiger partial charge on any atom is -0.354 e. The summed E-state index contributed by atoms with van der Waals surface area (Å²) in [7, 11) is 0. The van der Waals surface area contributed by atoms with Crippen molar-refractivity contribution in [3.8, 4) is 11.1 Å². The topological polar surface area (TPSA) is 32.3 Å². The van der Waals surface area contributed by atoms with E-state index in [0.717, 1.165) is 49.5 Å². The lowest BCUT2D eigenvalue weighted by Gasteiger charge is -2.35. The van der Waals surface area contributed by atoms with Crippen LogP contribution in [-0.2, 0) is 0 Å². The van der Waals surface area contributed by atoms with Gasteiger partial charge in [0.15, 0.2) is 5.65 Å². The molecule has 1 aliphatic rings. The van der Waals surface area contributed by atoms with Crippen LogP contribution in [0.5, 0.6) is 0 Å². The van der Waals surface area contributed by atoms with E-state index in [-0.39, 0.29) is 0 Å². The Labute approximate surface area is 153 Å². The summed E-state index contributed by atoms with van der Waals surface area (Å²) in [5.41, 5.74) is 3.04. The zero-order valence-corrected chi connectivity index (χ0v) is 15.1. The van der Waals surface area contributed by atoms with Gasteiger partial charge in [-0.15, -0.1) is 0 Å². The number of rotatable bonds is 3. The second-order valence-corrected chi connectivity index (χ2v) is 6.71. The maximum Gasteiger partial charge on any atom is 0.163 e. The molecule has 1 aromatic carbocycles. The average molecular weight is 353 g/mol. The van der Waals surface area contributed by atoms with Crippen molar-refractivity contribution in [2.45, 2.75) is 6.92 Å². The fourth-order valence-corrected chi connectivity index (χ4v) is 3.52. The van der Waals surface area contributed by atoms with Gasteiger partial charge >= 0.3 is 0 Å². The van der Waals surface area contributed by atoms with Crippen molar-refractivity contribution < 1.29 is 0 Å². The average Bonchev–Trinajstić information content (AvgIpc) is 2.67. The van der Waals surface area contributed by atoms with Gasteiger partial charge in [0.05, 0.1) is 0 Å². The molecule has 0 atom stereocenters. The number of aromatic nitrogens is 2. The Morgan fingerprint density at radius 2 is 1.72 bits per heavy atom. The first-order valence-corrected chi connectivity index (χ1v) is 9.12. The van der Waals surface area contributed by atoms with Gasteiger partial charge in [0.1, 0.15) is 11.0 Å². The molecule has 4 nitrogen and oxygen atoms in total. The molecule has 3 aromatic rings. The lowest BCUT2D eigenvalue weighted by molar-refractivity contribution is 0.270. The van der Waals surface area contributed by atoms with Crippen LogP contribution in [0.1, 0.15) is 6.92 Å². The summed E-state index contributed by atoms with van der Waals surface area (Å²) in [5.74, 6) is 0.983. The molecule has 5 heteroatoms. The van der Waals surface area contributed by atoms with Gasteiger partial charge in [-0.2, -0.15) is 0 Å². The molecule has 2 aromatic heterocycles. The molecule has 4 rings (SSSR count). The second-order valence-electron chi connectivity index (χ2n) is 6.32. The largest absolute Gasteiger partial charge is 0.354 e. The molecule has 128 valence electrons. The third-order valence-corrected chi connectivity index (χ3v) is 5.06. The second kappa shape index (κ2) is 6.98. The van der Waals surface area contributed by atoms with E-state index in [1.165, 1.54) is 5.56 Å². The predicted molar refractivity (Wildman–Crippen MR) is 104 cm³/mol. The van der Waals surface area contributed by atoms with Crippen LogP contribution in [0.25, 0.3) is 22.2 Å². The summed E-state index contributed by atoms with van der Waals surface area (Å²) in [4.78, 5) is 14.1. The van der Waals surface area contributed by atoms with Crippen LogP contribution in [0.15, 0.2) is 48.5 Å². The molecule has 0 bridgehead atoms. The van der Waals surface area contributed by atoms with Crippen molar-refractivity contribution >= 4 is 28.5 Å². The Balaban J connectivity index is 1.80. The first kappa shape index (κ1) is 16.3. The summed E-state index contributed by atoms with van der Waals surface area (Å²) in [6.45, 7) is 7.43. The van der Waals surface area contributed by atoms with E-state index < -0.39 is 0 Å². The van der Waals surface area contributed by atoms with Crippen LogP contribution >= 0.6 is 11.6 Å². The first-order valence-electron chi connectivity index (χ1n) is 8.74. The highest BCUT2D eigenvalue weighted by molar-refractivity contribution is 6.29. The summed E-state index contributed by atoms with van der Waals surface area (Å²) >= 11 is 6.12. The van der Waals surface area contributed by atoms with Crippen LogP contribution < -0.4 is 4.90 Å². The Hall–Kier alpha value is -2.17. The number of likely N-dealkylation sites (N-methyl/N-ethyl adjacent to an activating group) is 1. The van der Waals surface area contributed by atoms with Gasteiger partial charge < -0.3 is 9.80 Å². The number of hydrogen-bond donors (Lipinski definition) is 0. The zero-order valence-electron chi connectivity index (χ0n) is 14.3. The van der Waals surface area contributed by atoms with Gasteiger partial charge in [0.2, 0.25) is 0 Å². The van der Waals surface area contributed by atoms with E-state index in [2.05, 4.69) is 52.0 Å². The van der Waals surface area contributed by atoms with E-state index in [4.69, 9.17) is 16.6 Å². The van der Waals surface area contributed by atoms with E-state index >= 15 is 0 Å². The Morgan fingerprint density at radius 3 is 2.44 bits per heavy atom. The molecule has 0 N–H and O–H groups in total. The Morgan fingerprint density at radius 1 is 0.960 bits per heavy atom. The van der Waals surface area contributed by atoms with Crippen molar-refractivity contribution in [3.05, 3.63) is 53.7 Å². The molecule has 25 heavy (non-hydrogen) atoms. The van der Waals surface area contributed by atoms with Gasteiger partial charge in [0, 0.05) is 31.6 Å². The molecular weight excluding hydrogens is 332 g/mol. The number of hydrogen-bond acceptors (Lipinski definition) is 4. The smallest absolute Gasteiger partial charge is 0.163 e. The van der Waals surface area contributed by atoms with Crippen molar-refractivity contribution in [1.82, 2.24) is 14.9 Å². The van der Waals surface area contributed by atoms with Gasteiger partial charge in [-0.05, 0) is 35.9 Å². The number of pyridine rings is 2. The maximum atomic E-state index is 6.12. The quantitative estimate of drug-likeness (QED) is 0.664. The highest BCUT2D eigenvalue weighted by atomic mass is 35.5. The van der Waals surface area contributed by atoms with Crippen LogP contribution in [0, 0.1) is 0 Å². The molecule has 3 heterocycles. The standard InChI is InChI=1S/C20H21ClN4/c1-2-24-10-12-25(13-11-24)19-14-17(15-6-4-3-5-7-15)16-8-9-18(21)22-20(16)23-19/h3-9,14H,2,10-13H2,1H3. The van der Waals surface area contributed by atoms with Crippen molar-refractivity contribution in [1.29, 1.82) is 0 Å². The minimum atomic E-state index is 0.479. The van der Waals surface area contributed by atoms with E-state index in [1.54, 1.807) is 0 Å². The van der Waals surface area contributed by atoms with Gasteiger partial charge in [-0.1, -0.05) is 48.9 Å². The van der Waals surface area contributed by atoms with Crippen molar-refractivity contribution in [3.63, 3.8) is 0 Å². The molecule has 0 amide bonds. The number of anilines is 1. The number of nitrogens with zero attached hydrogens (tertiary/aromatic N) is 4. The summed E-state index contributed by atoms with van der Waals surface area (Å²) in [6, 6.07) is 16.4. The van der Waals surface area contributed by atoms with Crippen molar-refractivity contribution in [2.24, 2.45) is 0 Å². The third kappa shape index (κ3) is 3.32. The minimum absolute atomic E-state index is 0.479. The molecule has 1 fully saturated rings. The number of piperazine rings is 1. The Bertz CT molecular complexity index is 874. The van der Waals surface area contributed by atoms with E-state index in [1.807, 2.05) is 18.2 Å². The fourth-order valence-electron chi connectivity index (χ4n) is 3.38. The van der Waals surface area contributed by atoms with E-state index in [0.29, 0.717) is 10.8 Å². The summed E-state index contributed by atoms with van der Waals surface area (Å²) in [5, 5.41) is 1.51. The van der Waals surface area contributed by atoms with Crippen LogP contribution in [-0.4, -0.2) is 47.6 Å².